The second kappa shape index (κ2) is 4.77. The zero-order chi connectivity index (χ0) is 10.7. The fourth-order valence-electron chi connectivity index (χ4n) is 2.20. The maximum Gasteiger partial charge on any atom is 0.133 e. The van der Waals surface area contributed by atoms with Gasteiger partial charge in [-0.15, -0.1) is 0 Å². The van der Waals surface area contributed by atoms with E-state index in [1.807, 2.05) is 13.0 Å². The number of aliphatic hydroxyl groups is 1. The maximum absolute atomic E-state index is 8.86. The summed E-state index contributed by atoms with van der Waals surface area (Å²) in [7, 11) is 0. The van der Waals surface area contributed by atoms with Gasteiger partial charge in [0.1, 0.15) is 5.76 Å². The van der Waals surface area contributed by atoms with E-state index in [0.717, 1.165) is 37.5 Å². The Morgan fingerprint density at radius 3 is 3.20 bits per heavy atom. The van der Waals surface area contributed by atoms with E-state index in [-0.39, 0.29) is 0 Å². The maximum atomic E-state index is 8.86. The molecule has 1 aromatic heterocycles. The van der Waals surface area contributed by atoms with Gasteiger partial charge in [-0.1, -0.05) is 5.16 Å². The van der Waals surface area contributed by atoms with Gasteiger partial charge in [0, 0.05) is 25.8 Å². The first kappa shape index (κ1) is 10.6. The van der Waals surface area contributed by atoms with Crippen LogP contribution in [0.25, 0.3) is 0 Å². The van der Waals surface area contributed by atoms with Crippen LogP contribution in [0.3, 0.4) is 0 Å². The van der Waals surface area contributed by atoms with E-state index < -0.39 is 0 Å². The fourth-order valence-corrected chi connectivity index (χ4v) is 2.20. The van der Waals surface area contributed by atoms with Crippen LogP contribution in [0.4, 0.5) is 0 Å². The van der Waals surface area contributed by atoms with Gasteiger partial charge >= 0.3 is 0 Å². The van der Waals surface area contributed by atoms with Crippen LogP contribution in [0.1, 0.15) is 24.3 Å². The number of hydrogen-bond donors (Lipinski definition) is 1. The molecule has 15 heavy (non-hydrogen) atoms. The average molecular weight is 210 g/mol. The van der Waals surface area contributed by atoms with Crippen molar-refractivity contribution in [3.8, 4) is 0 Å². The van der Waals surface area contributed by atoms with E-state index in [0.29, 0.717) is 12.5 Å². The molecular formula is C11H18N2O2. The number of rotatable bonds is 4. The van der Waals surface area contributed by atoms with Crippen molar-refractivity contribution in [1.29, 1.82) is 0 Å². The highest BCUT2D eigenvalue weighted by Crippen LogP contribution is 2.20. The normalized spacial score (nSPS) is 22.4. The molecular weight excluding hydrogens is 192 g/mol. The van der Waals surface area contributed by atoms with Gasteiger partial charge < -0.3 is 9.63 Å². The molecule has 0 spiro atoms. The molecule has 0 aromatic carbocycles. The molecule has 1 fully saturated rings. The van der Waals surface area contributed by atoms with E-state index in [9.17, 15) is 0 Å². The number of likely N-dealkylation sites (tertiary alicyclic amines) is 1. The van der Waals surface area contributed by atoms with Gasteiger partial charge in [0.25, 0.3) is 0 Å². The minimum absolute atomic E-state index is 0.307. The van der Waals surface area contributed by atoms with Gasteiger partial charge in [-0.25, -0.2) is 0 Å². The molecule has 1 atom stereocenters. The Morgan fingerprint density at radius 1 is 1.67 bits per heavy atom. The van der Waals surface area contributed by atoms with Gasteiger partial charge in [-0.3, -0.25) is 4.90 Å². The SMILES string of the molecule is Cc1cc(CN2CCC(CCO)C2)no1. The lowest BCUT2D eigenvalue weighted by atomic mass is 10.1. The quantitative estimate of drug-likeness (QED) is 0.811. The molecule has 4 nitrogen and oxygen atoms in total. The summed E-state index contributed by atoms with van der Waals surface area (Å²) < 4.78 is 5.03. The molecule has 0 bridgehead atoms. The zero-order valence-corrected chi connectivity index (χ0v) is 9.15. The molecule has 1 N–H and O–H groups in total. The van der Waals surface area contributed by atoms with Gasteiger partial charge in [0.05, 0.1) is 5.69 Å². The summed E-state index contributed by atoms with van der Waals surface area (Å²) in [5, 5.41) is 12.8. The van der Waals surface area contributed by atoms with Crippen LogP contribution in [0.5, 0.6) is 0 Å². The highest BCUT2D eigenvalue weighted by molar-refractivity contribution is 5.03. The molecule has 0 aliphatic carbocycles. The summed E-state index contributed by atoms with van der Waals surface area (Å²) >= 11 is 0. The highest BCUT2D eigenvalue weighted by Gasteiger charge is 2.22. The van der Waals surface area contributed by atoms with Crippen LogP contribution in [0.2, 0.25) is 0 Å². The topological polar surface area (TPSA) is 49.5 Å². The smallest absolute Gasteiger partial charge is 0.133 e. The van der Waals surface area contributed by atoms with Crippen molar-refractivity contribution in [3.05, 3.63) is 17.5 Å². The summed E-state index contributed by atoms with van der Waals surface area (Å²) in [5.41, 5.74) is 1.01. The van der Waals surface area contributed by atoms with E-state index >= 15 is 0 Å². The van der Waals surface area contributed by atoms with Crippen molar-refractivity contribution in [2.45, 2.75) is 26.3 Å². The van der Waals surface area contributed by atoms with E-state index in [1.165, 1.54) is 6.42 Å². The van der Waals surface area contributed by atoms with Crippen molar-refractivity contribution < 1.29 is 9.63 Å². The third-order valence-corrected chi connectivity index (χ3v) is 2.97. The van der Waals surface area contributed by atoms with Crippen LogP contribution >= 0.6 is 0 Å². The van der Waals surface area contributed by atoms with Crippen LogP contribution in [-0.2, 0) is 6.54 Å². The summed E-state index contributed by atoms with van der Waals surface area (Å²) in [6.45, 7) is 5.28. The third kappa shape index (κ3) is 2.79. The van der Waals surface area contributed by atoms with Gasteiger partial charge in [0.2, 0.25) is 0 Å². The van der Waals surface area contributed by atoms with Crippen molar-refractivity contribution in [1.82, 2.24) is 10.1 Å². The van der Waals surface area contributed by atoms with E-state index in [4.69, 9.17) is 9.63 Å². The largest absolute Gasteiger partial charge is 0.396 e. The van der Waals surface area contributed by atoms with Gasteiger partial charge in [-0.05, 0) is 32.2 Å². The highest BCUT2D eigenvalue weighted by atomic mass is 16.5. The molecule has 1 unspecified atom stereocenters. The molecule has 0 radical (unpaired) electrons. The molecule has 1 aliphatic heterocycles. The summed E-state index contributed by atoms with van der Waals surface area (Å²) in [6, 6.07) is 1.99. The van der Waals surface area contributed by atoms with Crippen molar-refractivity contribution in [3.63, 3.8) is 0 Å². The summed E-state index contributed by atoms with van der Waals surface area (Å²) in [6.07, 6.45) is 2.12. The molecule has 4 heteroatoms. The second-order valence-electron chi connectivity index (χ2n) is 4.33. The Labute approximate surface area is 89.9 Å². The van der Waals surface area contributed by atoms with Crippen LogP contribution < -0.4 is 0 Å². The first-order valence-corrected chi connectivity index (χ1v) is 5.53. The Balaban J connectivity index is 1.82. The van der Waals surface area contributed by atoms with Crippen molar-refractivity contribution in [2.75, 3.05) is 19.7 Å². The van der Waals surface area contributed by atoms with Gasteiger partial charge in [-0.2, -0.15) is 0 Å². The van der Waals surface area contributed by atoms with Gasteiger partial charge in [0.15, 0.2) is 0 Å². The number of aryl methyl sites for hydroxylation is 1. The Hall–Kier alpha value is -0.870. The number of aliphatic hydroxyl groups excluding tert-OH is 1. The number of nitrogens with zero attached hydrogens (tertiary/aromatic N) is 2. The first-order valence-electron chi connectivity index (χ1n) is 5.53. The molecule has 1 aromatic rings. The molecule has 1 saturated heterocycles. The molecule has 2 heterocycles. The second-order valence-corrected chi connectivity index (χ2v) is 4.33. The van der Waals surface area contributed by atoms with E-state index in [2.05, 4.69) is 10.1 Å². The molecule has 0 amide bonds. The van der Waals surface area contributed by atoms with Crippen molar-refractivity contribution >= 4 is 0 Å². The molecule has 0 saturated carbocycles. The first-order chi connectivity index (χ1) is 7.28. The lowest BCUT2D eigenvalue weighted by Gasteiger charge is -2.13. The Kier molecular flexibility index (Phi) is 3.38. The monoisotopic (exact) mass is 210 g/mol. The Morgan fingerprint density at radius 2 is 2.53 bits per heavy atom. The van der Waals surface area contributed by atoms with Crippen LogP contribution in [-0.4, -0.2) is 34.9 Å². The molecule has 84 valence electrons. The zero-order valence-electron chi connectivity index (χ0n) is 9.15. The number of hydrogen-bond acceptors (Lipinski definition) is 4. The van der Waals surface area contributed by atoms with Crippen LogP contribution in [0.15, 0.2) is 10.6 Å². The Bertz CT molecular complexity index is 311. The average Bonchev–Trinajstić information content (AvgIpc) is 2.78. The summed E-state index contributed by atoms with van der Waals surface area (Å²) in [4.78, 5) is 2.37. The van der Waals surface area contributed by atoms with E-state index in [1.54, 1.807) is 0 Å². The standard InChI is InChI=1S/C11H18N2O2/c1-9-6-11(12-15-9)8-13-4-2-10(7-13)3-5-14/h6,10,14H,2-5,7-8H2,1H3. The third-order valence-electron chi connectivity index (χ3n) is 2.97. The number of aromatic nitrogens is 1. The lowest BCUT2D eigenvalue weighted by Crippen LogP contribution is -2.20. The minimum Gasteiger partial charge on any atom is -0.396 e. The van der Waals surface area contributed by atoms with Crippen LogP contribution in [0, 0.1) is 12.8 Å². The lowest BCUT2D eigenvalue weighted by molar-refractivity contribution is 0.247. The minimum atomic E-state index is 0.307. The predicted octanol–water partition coefficient (Wildman–Crippen LogP) is 1.19. The fraction of sp³-hybridized carbons (Fsp3) is 0.727. The van der Waals surface area contributed by atoms with Crippen molar-refractivity contribution in [2.24, 2.45) is 5.92 Å². The summed E-state index contributed by atoms with van der Waals surface area (Å²) in [5.74, 6) is 1.53. The predicted molar refractivity (Wildman–Crippen MR) is 56.3 cm³/mol. The molecule has 1 aliphatic rings. The molecule has 2 rings (SSSR count).